The van der Waals surface area contributed by atoms with Crippen LogP contribution in [0, 0.1) is 0 Å². The number of nitrogens with two attached hydrogens (primary N) is 1. The topological polar surface area (TPSA) is 52.3 Å². The van der Waals surface area contributed by atoms with Gasteiger partial charge in [0, 0.05) is 10.6 Å². The second-order valence-electron chi connectivity index (χ2n) is 3.57. The number of unbranched alkanes of at least 4 members (excludes halogenated alkanes) is 1. The Morgan fingerprint density at radius 3 is 2.82 bits per heavy atom. The fourth-order valence-electron chi connectivity index (χ4n) is 1.34. The van der Waals surface area contributed by atoms with Crippen LogP contribution in [-0.4, -0.2) is 18.8 Å². The molecule has 0 bridgehead atoms. The minimum absolute atomic E-state index is 0.404. The third kappa shape index (κ3) is 3.82. The van der Waals surface area contributed by atoms with E-state index >= 15 is 0 Å². The average molecular weight is 274 g/mol. The Morgan fingerprint density at radius 2 is 2.24 bits per heavy atom. The van der Waals surface area contributed by atoms with E-state index in [4.69, 9.17) is 22.1 Å². The van der Waals surface area contributed by atoms with Gasteiger partial charge in [0.15, 0.2) is 0 Å². The lowest BCUT2D eigenvalue weighted by atomic mass is 10.2. The molecule has 0 atom stereocenters. The highest BCUT2D eigenvalue weighted by Gasteiger charge is 2.16. The first-order chi connectivity index (χ1) is 8.10. The zero-order chi connectivity index (χ0) is 12.8. The van der Waals surface area contributed by atoms with Crippen molar-refractivity contribution in [3.05, 3.63) is 22.7 Å². The predicted molar refractivity (Wildman–Crippen MR) is 72.8 cm³/mol. The van der Waals surface area contributed by atoms with Gasteiger partial charge in [-0.1, -0.05) is 24.9 Å². The molecule has 0 spiro atoms. The third-order valence-electron chi connectivity index (χ3n) is 2.22. The van der Waals surface area contributed by atoms with Crippen molar-refractivity contribution in [2.45, 2.75) is 24.7 Å². The number of ether oxygens (including phenoxy) is 1. The van der Waals surface area contributed by atoms with Crippen molar-refractivity contribution in [3.63, 3.8) is 0 Å². The molecule has 0 saturated carbocycles. The molecule has 0 saturated heterocycles. The number of benzene rings is 1. The van der Waals surface area contributed by atoms with Crippen LogP contribution >= 0.6 is 23.4 Å². The van der Waals surface area contributed by atoms with Crippen molar-refractivity contribution in [1.82, 2.24) is 0 Å². The first-order valence-corrected chi connectivity index (χ1v) is 6.76. The molecule has 17 heavy (non-hydrogen) atoms. The van der Waals surface area contributed by atoms with Crippen molar-refractivity contribution < 1.29 is 9.53 Å². The Labute approximate surface area is 111 Å². The highest BCUT2D eigenvalue weighted by Crippen LogP contribution is 2.33. The number of hydrogen-bond donors (Lipinski definition) is 1. The maximum absolute atomic E-state index is 11.6. The molecule has 0 aliphatic carbocycles. The molecule has 1 aromatic rings. The Bertz CT molecular complexity index is 410. The third-order valence-corrected chi connectivity index (χ3v) is 3.85. The van der Waals surface area contributed by atoms with Crippen LogP contribution in [0.3, 0.4) is 0 Å². The summed E-state index contributed by atoms with van der Waals surface area (Å²) >= 11 is 7.67. The Morgan fingerprint density at radius 1 is 1.53 bits per heavy atom. The summed E-state index contributed by atoms with van der Waals surface area (Å²) in [7, 11) is 1.35. The van der Waals surface area contributed by atoms with E-state index in [0.29, 0.717) is 16.3 Å². The fourth-order valence-corrected chi connectivity index (χ4v) is 2.86. The number of esters is 1. The van der Waals surface area contributed by atoms with Crippen LogP contribution in [0.1, 0.15) is 30.1 Å². The summed E-state index contributed by atoms with van der Waals surface area (Å²) in [6, 6.07) is 3.26. The molecule has 0 aliphatic rings. The van der Waals surface area contributed by atoms with Crippen LogP contribution in [0.25, 0.3) is 0 Å². The van der Waals surface area contributed by atoms with Crippen LogP contribution in [0.5, 0.6) is 0 Å². The van der Waals surface area contributed by atoms with E-state index in [1.54, 1.807) is 23.9 Å². The Balaban J connectivity index is 3.03. The molecule has 94 valence electrons. The van der Waals surface area contributed by atoms with Crippen LogP contribution in [0.2, 0.25) is 5.02 Å². The van der Waals surface area contributed by atoms with Crippen molar-refractivity contribution in [3.8, 4) is 0 Å². The Kier molecular flexibility index (Phi) is 5.65. The first-order valence-electron chi connectivity index (χ1n) is 5.40. The molecule has 0 radical (unpaired) electrons. The average Bonchev–Trinajstić information content (AvgIpc) is 2.30. The van der Waals surface area contributed by atoms with Gasteiger partial charge < -0.3 is 10.5 Å². The van der Waals surface area contributed by atoms with E-state index in [-0.39, 0.29) is 0 Å². The Hall–Kier alpha value is -0.870. The van der Waals surface area contributed by atoms with Gasteiger partial charge in [-0.15, -0.1) is 11.8 Å². The largest absolute Gasteiger partial charge is 0.465 e. The molecule has 2 N–H and O–H groups in total. The molecular formula is C12H16ClNO2S. The molecule has 0 unspecified atom stereocenters. The lowest BCUT2D eigenvalue weighted by Gasteiger charge is -2.10. The van der Waals surface area contributed by atoms with Crippen LogP contribution in [0.15, 0.2) is 17.0 Å². The summed E-state index contributed by atoms with van der Waals surface area (Å²) < 4.78 is 4.73. The van der Waals surface area contributed by atoms with Gasteiger partial charge in [-0.05, 0) is 24.3 Å². The van der Waals surface area contributed by atoms with Gasteiger partial charge in [0.1, 0.15) is 0 Å². The number of carbonyl (C=O) groups excluding carboxylic acids is 1. The molecule has 1 aromatic carbocycles. The number of halogens is 1. The van der Waals surface area contributed by atoms with Crippen molar-refractivity contribution in [1.29, 1.82) is 0 Å². The number of nitrogen functional groups attached to an aromatic ring is 1. The fraction of sp³-hybridized carbons (Fsp3) is 0.417. The van der Waals surface area contributed by atoms with Gasteiger partial charge in [-0.3, -0.25) is 0 Å². The van der Waals surface area contributed by atoms with E-state index in [2.05, 4.69) is 6.92 Å². The number of carbonyl (C=O) groups is 1. The van der Waals surface area contributed by atoms with E-state index < -0.39 is 5.97 Å². The van der Waals surface area contributed by atoms with Gasteiger partial charge in [0.2, 0.25) is 0 Å². The zero-order valence-electron chi connectivity index (χ0n) is 9.96. The smallest absolute Gasteiger partial charge is 0.339 e. The number of anilines is 1. The summed E-state index contributed by atoms with van der Waals surface area (Å²) in [6.45, 7) is 2.12. The monoisotopic (exact) mass is 273 g/mol. The maximum Gasteiger partial charge on any atom is 0.339 e. The van der Waals surface area contributed by atoms with Crippen molar-refractivity contribution >= 4 is 35.0 Å². The van der Waals surface area contributed by atoms with Crippen molar-refractivity contribution in [2.75, 3.05) is 18.6 Å². The van der Waals surface area contributed by atoms with E-state index in [9.17, 15) is 4.79 Å². The summed E-state index contributed by atoms with van der Waals surface area (Å²) in [4.78, 5) is 12.4. The van der Waals surface area contributed by atoms with Crippen molar-refractivity contribution in [2.24, 2.45) is 0 Å². The highest BCUT2D eigenvalue weighted by molar-refractivity contribution is 7.99. The summed E-state index contributed by atoms with van der Waals surface area (Å²) in [5, 5.41) is 0.506. The first kappa shape index (κ1) is 14.2. The molecule has 0 aromatic heterocycles. The molecular weight excluding hydrogens is 258 g/mol. The zero-order valence-corrected chi connectivity index (χ0v) is 11.5. The molecule has 5 heteroatoms. The molecule has 3 nitrogen and oxygen atoms in total. The van der Waals surface area contributed by atoms with Gasteiger partial charge in [-0.25, -0.2) is 4.79 Å². The second-order valence-corrected chi connectivity index (χ2v) is 5.09. The van der Waals surface area contributed by atoms with Crippen LogP contribution in [0.4, 0.5) is 5.69 Å². The summed E-state index contributed by atoms with van der Waals surface area (Å²) in [5.74, 6) is 0.516. The molecule has 0 amide bonds. The second kappa shape index (κ2) is 6.77. The molecule has 0 aliphatic heterocycles. The number of thioether (sulfide) groups is 1. The number of hydrogen-bond acceptors (Lipinski definition) is 4. The quantitative estimate of drug-likeness (QED) is 0.385. The van der Waals surface area contributed by atoms with E-state index in [0.717, 1.165) is 23.5 Å². The normalized spacial score (nSPS) is 10.3. The van der Waals surface area contributed by atoms with Gasteiger partial charge >= 0.3 is 5.97 Å². The van der Waals surface area contributed by atoms with Crippen LogP contribution in [-0.2, 0) is 4.74 Å². The summed E-state index contributed by atoms with van der Waals surface area (Å²) in [6.07, 6.45) is 2.18. The molecule has 0 fully saturated rings. The van der Waals surface area contributed by atoms with Gasteiger partial charge in [0.25, 0.3) is 0 Å². The van der Waals surface area contributed by atoms with Gasteiger partial charge in [0.05, 0.1) is 17.7 Å². The molecule has 1 rings (SSSR count). The number of rotatable bonds is 5. The van der Waals surface area contributed by atoms with E-state index in [1.807, 2.05) is 0 Å². The summed E-state index contributed by atoms with van der Waals surface area (Å²) in [5.41, 5.74) is 6.59. The van der Waals surface area contributed by atoms with Crippen LogP contribution < -0.4 is 5.73 Å². The minimum Gasteiger partial charge on any atom is -0.465 e. The standard InChI is InChI=1S/C12H16ClNO2S/c1-3-4-5-17-11-9(12(15)16-2)6-8(14)7-10(11)13/h6-7H,3-5,14H2,1-2H3. The SMILES string of the molecule is CCCCSc1c(Cl)cc(N)cc1C(=O)OC. The highest BCUT2D eigenvalue weighted by atomic mass is 35.5. The van der Waals surface area contributed by atoms with Gasteiger partial charge in [-0.2, -0.15) is 0 Å². The minimum atomic E-state index is -0.404. The molecule has 0 heterocycles. The number of methoxy groups -OCH3 is 1. The lowest BCUT2D eigenvalue weighted by molar-refractivity contribution is 0.0597. The predicted octanol–water partition coefficient (Wildman–Crippen LogP) is 3.60. The maximum atomic E-state index is 11.6. The lowest BCUT2D eigenvalue weighted by Crippen LogP contribution is -2.05. The van der Waals surface area contributed by atoms with E-state index in [1.165, 1.54) is 7.11 Å².